The Hall–Kier alpha value is -2.15. The van der Waals surface area contributed by atoms with E-state index in [9.17, 15) is 4.79 Å². The molecule has 1 saturated heterocycles. The first-order chi connectivity index (χ1) is 10.2. The molecule has 21 heavy (non-hydrogen) atoms. The van der Waals surface area contributed by atoms with E-state index in [0.717, 1.165) is 12.0 Å². The molecule has 0 aromatic carbocycles. The van der Waals surface area contributed by atoms with E-state index in [1.807, 2.05) is 12.1 Å². The maximum absolute atomic E-state index is 12.5. The van der Waals surface area contributed by atoms with E-state index in [4.69, 9.17) is 15.7 Å². The molecule has 0 aliphatic carbocycles. The number of pyridine rings is 1. The fourth-order valence-electron chi connectivity index (χ4n) is 2.27. The minimum atomic E-state index is -0.103. The van der Waals surface area contributed by atoms with Crippen LogP contribution in [0, 0.1) is 5.92 Å². The van der Waals surface area contributed by atoms with Crippen molar-refractivity contribution in [2.45, 2.75) is 19.4 Å². The number of amides is 1. The molecule has 2 rings (SSSR count). The number of hydrogen-bond acceptors (Lipinski definition) is 5. The van der Waals surface area contributed by atoms with Crippen LogP contribution in [0.25, 0.3) is 0 Å². The van der Waals surface area contributed by atoms with Gasteiger partial charge in [-0.15, -0.1) is 0 Å². The summed E-state index contributed by atoms with van der Waals surface area (Å²) >= 11 is 0. The Morgan fingerprint density at radius 3 is 3.10 bits per heavy atom. The topological polar surface area (TPSA) is 101 Å². The predicted molar refractivity (Wildman–Crippen MR) is 76.6 cm³/mol. The van der Waals surface area contributed by atoms with Crippen LogP contribution in [0.1, 0.15) is 18.4 Å². The normalized spacial score (nSPS) is 18.7. The Morgan fingerprint density at radius 2 is 2.48 bits per heavy atom. The standard InChI is InChI=1S/C14H20N4O3/c15-13(17-20)3-6-18(9-11-2-1-5-16-8-11)14(19)12-4-7-21-10-12/h1-2,5,8,12,20H,3-4,6-7,9-10H2,(H2,15,17). The van der Waals surface area contributed by atoms with Gasteiger partial charge in [0.25, 0.3) is 0 Å². The SMILES string of the molecule is N/C(CCN(Cc1cccnc1)C(=O)C1CCOC1)=N/O. The molecule has 0 bridgehead atoms. The van der Waals surface area contributed by atoms with Crippen molar-refractivity contribution in [1.29, 1.82) is 0 Å². The van der Waals surface area contributed by atoms with E-state index >= 15 is 0 Å². The van der Waals surface area contributed by atoms with Gasteiger partial charge in [0.2, 0.25) is 5.91 Å². The molecule has 1 atom stereocenters. The van der Waals surface area contributed by atoms with Gasteiger partial charge in [-0.1, -0.05) is 11.2 Å². The van der Waals surface area contributed by atoms with Crippen molar-refractivity contribution in [3.63, 3.8) is 0 Å². The molecule has 1 amide bonds. The van der Waals surface area contributed by atoms with Crippen molar-refractivity contribution in [3.8, 4) is 0 Å². The van der Waals surface area contributed by atoms with Crippen LogP contribution in [0.15, 0.2) is 29.7 Å². The Kier molecular flexibility index (Phi) is 5.51. The molecule has 7 heteroatoms. The lowest BCUT2D eigenvalue weighted by molar-refractivity contribution is -0.136. The van der Waals surface area contributed by atoms with Gasteiger partial charge in [0, 0.05) is 38.5 Å². The Morgan fingerprint density at radius 1 is 1.62 bits per heavy atom. The number of aromatic nitrogens is 1. The molecule has 7 nitrogen and oxygen atoms in total. The third kappa shape index (κ3) is 4.42. The molecule has 1 aromatic heterocycles. The first-order valence-electron chi connectivity index (χ1n) is 6.92. The molecule has 2 heterocycles. The first kappa shape index (κ1) is 15.2. The highest BCUT2D eigenvalue weighted by atomic mass is 16.5. The minimum absolute atomic E-state index is 0.0436. The summed E-state index contributed by atoms with van der Waals surface area (Å²) in [6.07, 6.45) is 4.49. The number of ether oxygens (including phenoxy) is 1. The molecule has 1 fully saturated rings. The van der Waals surface area contributed by atoms with E-state index in [1.54, 1.807) is 17.3 Å². The van der Waals surface area contributed by atoms with Crippen LogP contribution >= 0.6 is 0 Å². The fourth-order valence-corrected chi connectivity index (χ4v) is 2.27. The van der Waals surface area contributed by atoms with Crippen LogP contribution in [0.4, 0.5) is 0 Å². The molecule has 1 aromatic rings. The molecule has 1 aliphatic heterocycles. The predicted octanol–water partition coefficient (Wildman–Crippen LogP) is 0.583. The average molecular weight is 292 g/mol. The highest BCUT2D eigenvalue weighted by Crippen LogP contribution is 2.17. The second kappa shape index (κ2) is 7.58. The summed E-state index contributed by atoms with van der Waals surface area (Å²) < 4.78 is 5.28. The van der Waals surface area contributed by atoms with Crippen molar-refractivity contribution >= 4 is 11.7 Å². The lowest BCUT2D eigenvalue weighted by Gasteiger charge is -2.25. The van der Waals surface area contributed by atoms with E-state index < -0.39 is 0 Å². The van der Waals surface area contributed by atoms with E-state index in [2.05, 4.69) is 10.1 Å². The van der Waals surface area contributed by atoms with Crippen molar-refractivity contribution in [1.82, 2.24) is 9.88 Å². The van der Waals surface area contributed by atoms with Crippen molar-refractivity contribution in [2.24, 2.45) is 16.8 Å². The van der Waals surface area contributed by atoms with Crippen molar-refractivity contribution in [2.75, 3.05) is 19.8 Å². The number of carbonyl (C=O) groups is 1. The molecular weight excluding hydrogens is 272 g/mol. The number of carbonyl (C=O) groups excluding carboxylic acids is 1. The Bertz CT molecular complexity index is 486. The summed E-state index contributed by atoms with van der Waals surface area (Å²) in [4.78, 5) is 18.3. The zero-order valence-electron chi connectivity index (χ0n) is 11.8. The van der Waals surface area contributed by atoms with Gasteiger partial charge in [-0.3, -0.25) is 9.78 Å². The average Bonchev–Trinajstić information content (AvgIpc) is 3.05. The van der Waals surface area contributed by atoms with Crippen LogP contribution in [0.2, 0.25) is 0 Å². The number of nitrogens with two attached hydrogens (primary N) is 1. The van der Waals surface area contributed by atoms with Crippen LogP contribution in [0.5, 0.6) is 0 Å². The highest BCUT2D eigenvalue weighted by molar-refractivity contribution is 5.82. The second-order valence-corrected chi connectivity index (χ2v) is 5.02. The lowest BCUT2D eigenvalue weighted by Crippen LogP contribution is -2.38. The Labute approximate surface area is 123 Å². The van der Waals surface area contributed by atoms with Crippen molar-refractivity contribution in [3.05, 3.63) is 30.1 Å². The number of rotatable bonds is 6. The van der Waals surface area contributed by atoms with Gasteiger partial charge in [0.1, 0.15) is 5.84 Å². The minimum Gasteiger partial charge on any atom is -0.409 e. The summed E-state index contributed by atoms with van der Waals surface area (Å²) in [5, 5.41) is 11.6. The van der Waals surface area contributed by atoms with Crippen molar-refractivity contribution < 1.29 is 14.7 Å². The second-order valence-electron chi connectivity index (χ2n) is 5.02. The third-order valence-corrected chi connectivity index (χ3v) is 3.45. The summed E-state index contributed by atoms with van der Waals surface area (Å²) in [7, 11) is 0. The molecular formula is C14H20N4O3. The number of nitrogens with zero attached hydrogens (tertiary/aromatic N) is 3. The molecule has 0 spiro atoms. The highest BCUT2D eigenvalue weighted by Gasteiger charge is 2.28. The molecule has 0 saturated carbocycles. The first-order valence-corrected chi connectivity index (χ1v) is 6.92. The van der Waals surface area contributed by atoms with Crippen LogP contribution in [-0.4, -0.2) is 46.6 Å². The molecule has 114 valence electrons. The number of oxime groups is 1. The quantitative estimate of drug-likeness (QED) is 0.346. The zero-order valence-corrected chi connectivity index (χ0v) is 11.8. The molecule has 0 radical (unpaired) electrons. The van der Waals surface area contributed by atoms with Gasteiger partial charge in [-0.25, -0.2) is 0 Å². The van der Waals surface area contributed by atoms with E-state index in [-0.39, 0.29) is 17.7 Å². The van der Waals surface area contributed by atoms with E-state index in [0.29, 0.717) is 32.7 Å². The summed E-state index contributed by atoms with van der Waals surface area (Å²) in [5.41, 5.74) is 6.44. The van der Waals surface area contributed by atoms with Gasteiger partial charge in [-0.2, -0.15) is 0 Å². The van der Waals surface area contributed by atoms with Crippen LogP contribution in [-0.2, 0) is 16.1 Å². The monoisotopic (exact) mass is 292 g/mol. The fraction of sp³-hybridized carbons (Fsp3) is 0.500. The molecule has 3 N–H and O–H groups in total. The zero-order chi connectivity index (χ0) is 15.1. The van der Waals surface area contributed by atoms with Gasteiger partial charge in [0.15, 0.2) is 0 Å². The maximum Gasteiger partial charge on any atom is 0.228 e. The maximum atomic E-state index is 12.5. The van der Waals surface area contributed by atoms with Gasteiger partial charge in [-0.05, 0) is 18.1 Å². The third-order valence-electron chi connectivity index (χ3n) is 3.45. The van der Waals surface area contributed by atoms with E-state index in [1.165, 1.54) is 0 Å². The van der Waals surface area contributed by atoms with Gasteiger partial charge < -0.3 is 20.6 Å². The summed E-state index contributed by atoms with van der Waals surface area (Å²) in [6, 6.07) is 3.75. The summed E-state index contributed by atoms with van der Waals surface area (Å²) in [5.74, 6) is 0.0534. The number of amidine groups is 1. The van der Waals surface area contributed by atoms with Gasteiger partial charge >= 0.3 is 0 Å². The van der Waals surface area contributed by atoms with Gasteiger partial charge in [0.05, 0.1) is 12.5 Å². The molecule has 1 aliphatic rings. The number of hydrogen-bond donors (Lipinski definition) is 2. The molecule has 1 unspecified atom stereocenters. The van der Waals surface area contributed by atoms with Crippen LogP contribution < -0.4 is 5.73 Å². The smallest absolute Gasteiger partial charge is 0.228 e. The Balaban J connectivity index is 2.03. The largest absolute Gasteiger partial charge is 0.409 e. The summed E-state index contributed by atoms with van der Waals surface area (Å²) in [6.45, 7) is 1.95. The lowest BCUT2D eigenvalue weighted by atomic mass is 10.1. The van der Waals surface area contributed by atoms with Crippen LogP contribution in [0.3, 0.4) is 0 Å².